The summed E-state index contributed by atoms with van der Waals surface area (Å²) >= 11 is 0. The topological polar surface area (TPSA) is 131 Å². The van der Waals surface area contributed by atoms with E-state index in [2.05, 4.69) is 10.0 Å². The van der Waals surface area contributed by atoms with E-state index in [1.165, 1.54) is 50.5 Å². The average molecular weight is 548 g/mol. The molecule has 0 aliphatic heterocycles. The first-order valence-electron chi connectivity index (χ1n) is 11.3. The van der Waals surface area contributed by atoms with Gasteiger partial charge < -0.3 is 14.8 Å². The van der Waals surface area contributed by atoms with E-state index >= 15 is 0 Å². The van der Waals surface area contributed by atoms with Crippen LogP contribution in [0.2, 0.25) is 0 Å². The van der Waals surface area contributed by atoms with Crippen LogP contribution < -0.4 is 19.5 Å². The van der Waals surface area contributed by atoms with Crippen molar-refractivity contribution in [3.63, 3.8) is 0 Å². The third-order valence-electron chi connectivity index (χ3n) is 5.11. The summed E-state index contributed by atoms with van der Waals surface area (Å²) in [4.78, 5) is 12.3. The van der Waals surface area contributed by atoms with Crippen molar-refractivity contribution >= 4 is 31.6 Å². The van der Waals surface area contributed by atoms with Crippen LogP contribution >= 0.6 is 0 Å². The highest BCUT2D eigenvalue weighted by atomic mass is 32.2. The Bertz CT molecular complexity index is 1400. The Kier molecular flexibility index (Phi) is 9.14. The maximum Gasteiger partial charge on any atom is 0.261 e. The second-order valence-electron chi connectivity index (χ2n) is 8.03. The van der Waals surface area contributed by atoms with Crippen LogP contribution in [-0.4, -0.2) is 54.4 Å². The normalized spacial score (nSPS) is 11.7. The van der Waals surface area contributed by atoms with Gasteiger partial charge >= 0.3 is 0 Å². The molecule has 12 heteroatoms. The molecule has 0 aromatic heterocycles. The number of sulfonamides is 2. The highest BCUT2D eigenvalue weighted by Gasteiger charge is 2.17. The lowest BCUT2D eigenvalue weighted by Gasteiger charge is -2.12. The Hall–Kier alpha value is -3.61. The lowest BCUT2D eigenvalue weighted by Crippen LogP contribution is -2.28. The lowest BCUT2D eigenvalue weighted by atomic mass is 10.2. The van der Waals surface area contributed by atoms with E-state index < -0.39 is 20.0 Å². The van der Waals surface area contributed by atoms with Crippen LogP contribution in [0.1, 0.15) is 12.5 Å². The second-order valence-corrected chi connectivity index (χ2v) is 11.9. The summed E-state index contributed by atoms with van der Waals surface area (Å²) in [5, 5.41) is 2.69. The summed E-state index contributed by atoms with van der Waals surface area (Å²) in [5.74, 6) is 0.580. The van der Waals surface area contributed by atoms with Crippen LogP contribution in [0.15, 0.2) is 82.6 Å². The number of hydrogen-bond donors (Lipinski definition) is 2. The molecule has 0 heterocycles. The molecule has 0 aliphatic carbocycles. The number of anilines is 1. The Balaban J connectivity index is 1.49. The maximum atomic E-state index is 12.6. The zero-order valence-corrected chi connectivity index (χ0v) is 22.3. The van der Waals surface area contributed by atoms with Crippen molar-refractivity contribution in [2.75, 3.05) is 32.0 Å². The summed E-state index contributed by atoms with van der Waals surface area (Å²) < 4.78 is 63.9. The highest BCUT2D eigenvalue weighted by Crippen LogP contribution is 2.21. The quantitative estimate of drug-likeness (QED) is 0.356. The van der Waals surface area contributed by atoms with Crippen molar-refractivity contribution in [1.29, 1.82) is 0 Å². The molecule has 198 valence electrons. The molecule has 3 aromatic carbocycles. The van der Waals surface area contributed by atoms with E-state index in [4.69, 9.17) is 9.47 Å². The summed E-state index contributed by atoms with van der Waals surface area (Å²) in [6, 6.07) is 18.5. The van der Waals surface area contributed by atoms with Gasteiger partial charge in [0.25, 0.3) is 15.9 Å². The fourth-order valence-corrected chi connectivity index (χ4v) is 5.07. The summed E-state index contributed by atoms with van der Waals surface area (Å²) in [7, 11) is -4.42. The third-order valence-corrected chi connectivity index (χ3v) is 8.34. The second kappa shape index (κ2) is 12.1. The average Bonchev–Trinajstić information content (AvgIpc) is 2.88. The van der Waals surface area contributed by atoms with Crippen LogP contribution in [0.25, 0.3) is 0 Å². The Morgan fingerprint density at radius 2 is 1.32 bits per heavy atom. The van der Waals surface area contributed by atoms with E-state index in [9.17, 15) is 21.6 Å². The minimum Gasteiger partial charge on any atom is -0.494 e. The number of benzene rings is 3. The van der Waals surface area contributed by atoms with Crippen LogP contribution in [0.5, 0.6) is 11.5 Å². The molecule has 0 saturated carbocycles. The van der Waals surface area contributed by atoms with E-state index in [0.29, 0.717) is 23.8 Å². The Morgan fingerprint density at radius 3 is 1.89 bits per heavy atom. The minimum atomic E-state index is -3.81. The first-order chi connectivity index (χ1) is 17.5. The molecule has 10 nitrogen and oxygen atoms in total. The van der Waals surface area contributed by atoms with Gasteiger partial charge in [0.1, 0.15) is 11.5 Å². The molecule has 0 atom stereocenters. The lowest BCUT2D eigenvalue weighted by molar-refractivity contribution is -0.123. The van der Waals surface area contributed by atoms with Gasteiger partial charge in [-0.25, -0.2) is 21.1 Å². The van der Waals surface area contributed by atoms with Crippen molar-refractivity contribution in [3.8, 4) is 11.5 Å². The number of amides is 1. The summed E-state index contributed by atoms with van der Waals surface area (Å²) in [5.41, 5.74) is 1.12. The molecular formula is C25H29N3O7S2. The van der Waals surface area contributed by atoms with Gasteiger partial charge in [0, 0.05) is 26.3 Å². The number of hydrogen-bond acceptors (Lipinski definition) is 7. The van der Waals surface area contributed by atoms with Gasteiger partial charge in [-0.3, -0.25) is 9.52 Å². The molecule has 0 bridgehead atoms. The maximum absolute atomic E-state index is 12.6. The van der Waals surface area contributed by atoms with Crippen molar-refractivity contribution in [1.82, 2.24) is 9.62 Å². The predicted molar refractivity (Wildman–Crippen MR) is 140 cm³/mol. The monoisotopic (exact) mass is 547 g/mol. The van der Waals surface area contributed by atoms with E-state index in [1.54, 1.807) is 36.4 Å². The van der Waals surface area contributed by atoms with Crippen molar-refractivity contribution in [2.24, 2.45) is 0 Å². The smallest absolute Gasteiger partial charge is 0.261 e. The standard InChI is InChI=1S/C25H29N3O7S2/c1-4-34-21-9-7-20(8-10-21)27-36(30,31)23-15-11-22(12-16-23)35-18-25(29)26-17-19-5-13-24(14-6-19)37(32,33)28(2)3/h5-16,27H,4,17-18H2,1-3H3,(H,26,29). The molecule has 1 amide bonds. The van der Waals surface area contributed by atoms with E-state index in [0.717, 1.165) is 9.87 Å². The first kappa shape index (κ1) is 28.0. The molecule has 0 spiro atoms. The summed E-state index contributed by atoms with van der Waals surface area (Å²) in [6.07, 6.45) is 0. The fraction of sp³-hybridized carbons (Fsp3) is 0.240. The van der Waals surface area contributed by atoms with E-state index in [1.807, 2.05) is 6.92 Å². The fourth-order valence-electron chi connectivity index (χ4n) is 3.11. The number of carbonyl (C=O) groups is 1. The van der Waals surface area contributed by atoms with Gasteiger partial charge in [-0.1, -0.05) is 12.1 Å². The molecular weight excluding hydrogens is 518 g/mol. The summed E-state index contributed by atoms with van der Waals surface area (Å²) in [6.45, 7) is 2.30. The van der Waals surface area contributed by atoms with Crippen molar-refractivity contribution in [3.05, 3.63) is 78.4 Å². The highest BCUT2D eigenvalue weighted by molar-refractivity contribution is 7.92. The number of ether oxygens (including phenoxy) is 2. The van der Waals surface area contributed by atoms with Gasteiger partial charge in [-0.2, -0.15) is 0 Å². The van der Waals surface area contributed by atoms with Crippen LogP contribution in [0.4, 0.5) is 5.69 Å². The molecule has 37 heavy (non-hydrogen) atoms. The molecule has 0 saturated heterocycles. The molecule has 0 radical (unpaired) electrons. The first-order valence-corrected chi connectivity index (χ1v) is 14.2. The predicted octanol–water partition coefficient (Wildman–Crippen LogP) is 2.83. The van der Waals surface area contributed by atoms with Gasteiger partial charge in [0.15, 0.2) is 6.61 Å². The Morgan fingerprint density at radius 1 is 0.784 bits per heavy atom. The van der Waals surface area contributed by atoms with Gasteiger partial charge in [0.05, 0.1) is 16.4 Å². The molecule has 2 N–H and O–H groups in total. The SMILES string of the molecule is CCOc1ccc(NS(=O)(=O)c2ccc(OCC(=O)NCc3ccc(S(=O)(=O)N(C)C)cc3)cc2)cc1. The van der Waals surface area contributed by atoms with Crippen LogP contribution in [0.3, 0.4) is 0 Å². The Labute approximate surface area is 217 Å². The van der Waals surface area contributed by atoms with Crippen molar-refractivity contribution in [2.45, 2.75) is 23.3 Å². The molecule has 0 fully saturated rings. The minimum absolute atomic E-state index is 0.0397. The number of nitrogens with one attached hydrogen (secondary N) is 2. The van der Waals surface area contributed by atoms with Crippen LogP contribution in [-0.2, 0) is 31.4 Å². The van der Waals surface area contributed by atoms with Gasteiger partial charge in [-0.05, 0) is 73.2 Å². The molecule has 3 rings (SSSR count). The third kappa shape index (κ3) is 7.68. The zero-order valence-electron chi connectivity index (χ0n) is 20.7. The number of carbonyl (C=O) groups excluding carboxylic acids is 1. The number of rotatable bonds is 12. The molecule has 3 aromatic rings. The van der Waals surface area contributed by atoms with Gasteiger partial charge in [0.2, 0.25) is 10.0 Å². The van der Waals surface area contributed by atoms with Crippen LogP contribution in [0, 0.1) is 0 Å². The zero-order chi connectivity index (χ0) is 27.1. The molecule has 0 unspecified atom stereocenters. The molecule has 0 aliphatic rings. The largest absolute Gasteiger partial charge is 0.494 e. The number of nitrogens with zero attached hydrogens (tertiary/aromatic N) is 1. The van der Waals surface area contributed by atoms with Crippen molar-refractivity contribution < 1.29 is 31.1 Å². The van der Waals surface area contributed by atoms with E-state index in [-0.39, 0.29) is 28.8 Å². The van der Waals surface area contributed by atoms with Gasteiger partial charge in [-0.15, -0.1) is 0 Å².